The molecule has 2 N–H and O–H groups in total. The Hall–Kier alpha value is -1.26. The summed E-state index contributed by atoms with van der Waals surface area (Å²) >= 11 is 0. The quantitative estimate of drug-likeness (QED) is 0.755. The molecule has 0 bridgehead atoms. The van der Waals surface area contributed by atoms with Crippen LogP contribution in [-0.2, 0) is 4.79 Å². The molecule has 0 heterocycles. The largest absolute Gasteiger partial charge is 0.480 e. The van der Waals surface area contributed by atoms with Gasteiger partial charge in [0.1, 0.15) is 5.54 Å². The first kappa shape index (κ1) is 16.8. The van der Waals surface area contributed by atoms with E-state index in [-0.39, 0.29) is 12.1 Å². The van der Waals surface area contributed by atoms with E-state index in [0.29, 0.717) is 25.3 Å². The van der Waals surface area contributed by atoms with Crippen LogP contribution >= 0.6 is 0 Å². The van der Waals surface area contributed by atoms with Crippen LogP contribution in [0, 0.1) is 5.92 Å². The summed E-state index contributed by atoms with van der Waals surface area (Å²) in [5, 5.41) is 12.1. The molecule has 0 radical (unpaired) electrons. The van der Waals surface area contributed by atoms with Crippen LogP contribution < -0.4 is 5.32 Å². The third-order valence-electron chi connectivity index (χ3n) is 4.17. The Kier molecular flexibility index (Phi) is 5.84. The number of carboxylic acid groups (broad SMARTS) is 1. The van der Waals surface area contributed by atoms with Crippen molar-refractivity contribution in [2.75, 3.05) is 6.54 Å². The van der Waals surface area contributed by atoms with Gasteiger partial charge >= 0.3 is 12.0 Å². The van der Waals surface area contributed by atoms with Crippen LogP contribution in [0.4, 0.5) is 4.79 Å². The lowest BCUT2D eigenvalue weighted by Crippen LogP contribution is -2.62. The summed E-state index contributed by atoms with van der Waals surface area (Å²) in [6.45, 7) is 8.92. The van der Waals surface area contributed by atoms with Gasteiger partial charge in [0, 0.05) is 12.6 Å². The summed E-state index contributed by atoms with van der Waals surface area (Å²) in [4.78, 5) is 25.7. The minimum absolute atomic E-state index is 0.170. The lowest BCUT2D eigenvalue weighted by atomic mass is 9.77. The summed E-state index contributed by atoms with van der Waals surface area (Å²) in [6.07, 6.45) is 3.70. The molecule has 0 atom stereocenters. The first-order valence-corrected chi connectivity index (χ1v) is 7.68. The smallest absolute Gasteiger partial charge is 0.329 e. The topological polar surface area (TPSA) is 69.6 Å². The molecular formula is C15H28N2O3. The van der Waals surface area contributed by atoms with E-state index < -0.39 is 11.5 Å². The summed E-state index contributed by atoms with van der Waals surface area (Å²) in [6, 6.07) is -0.0576. The zero-order valence-electron chi connectivity index (χ0n) is 13.1. The molecule has 1 aliphatic carbocycles. The van der Waals surface area contributed by atoms with E-state index in [1.165, 1.54) is 0 Å². The Labute approximate surface area is 121 Å². The van der Waals surface area contributed by atoms with Crippen LogP contribution in [0.15, 0.2) is 0 Å². The van der Waals surface area contributed by atoms with Crippen molar-refractivity contribution in [3.05, 3.63) is 0 Å². The van der Waals surface area contributed by atoms with E-state index in [4.69, 9.17) is 0 Å². The molecule has 116 valence electrons. The average Bonchev–Trinajstić information content (AvgIpc) is 2.32. The lowest BCUT2D eigenvalue weighted by Gasteiger charge is -2.41. The Morgan fingerprint density at radius 3 is 2.10 bits per heavy atom. The Morgan fingerprint density at radius 2 is 1.80 bits per heavy atom. The number of aliphatic carboxylic acids is 1. The first-order valence-electron chi connectivity index (χ1n) is 7.68. The van der Waals surface area contributed by atoms with Gasteiger partial charge in [-0.1, -0.05) is 27.7 Å². The van der Waals surface area contributed by atoms with Crippen LogP contribution in [0.2, 0.25) is 0 Å². The maximum absolute atomic E-state index is 12.5. The van der Waals surface area contributed by atoms with Gasteiger partial charge in [0.05, 0.1) is 0 Å². The molecule has 2 amide bonds. The first-order chi connectivity index (χ1) is 9.36. The molecule has 0 spiro atoms. The van der Waals surface area contributed by atoms with Crippen molar-refractivity contribution in [2.45, 2.75) is 71.4 Å². The molecule has 0 aromatic carbocycles. The van der Waals surface area contributed by atoms with E-state index in [1.54, 1.807) is 0 Å². The van der Waals surface area contributed by atoms with E-state index >= 15 is 0 Å². The van der Waals surface area contributed by atoms with Crippen LogP contribution in [0.3, 0.4) is 0 Å². The molecule has 0 aliphatic heterocycles. The number of amides is 2. The lowest BCUT2D eigenvalue weighted by molar-refractivity contribution is -0.148. The minimum Gasteiger partial charge on any atom is -0.480 e. The highest BCUT2D eigenvalue weighted by atomic mass is 16.4. The molecule has 1 saturated carbocycles. The van der Waals surface area contributed by atoms with Gasteiger partial charge in [-0.25, -0.2) is 9.59 Å². The van der Waals surface area contributed by atoms with Crippen molar-refractivity contribution in [1.82, 2.24) is 10.2 Å². The van der Waals surface area contributed by atoms with E-state index in [1.807, 2.05) is 4.90 Å². The van der Waals surface area contributed by atoms with Crippen molar-refractivity contribution in [2.24, 2.45) is 5.92 Å². The number of carbonyl (C=O) groups is 2. The highest BCUT2D eigenvalue weighted by molar-refractivity contribution is 5.87. The van der Waals surface area contributed by atoms with Crippen molar-refractivity contribution < 1.29 is 14.7 Å². The van der Waals surface area contributed by atoms with Crippen LogP contribution in [0.1, 0.15) is 59.8 Å². The number of carbonyl (C=O) groups excluding carboxylic acids is 1. The number of rotatable bonds is 7. The second-order valence-electron chi connectivity index (χ2n) is 6.19. The summed E-state index contributed by atoms with van der Waals surface area (Å²) in [5.41, 5.74) is -1.03. The number of hydrogen-bond acceptors (Lipinski definition) is 2. The van der Waals surface area contributed by atoms with Gasteiger partial charge in [0.2, 0.25) is 0 Å². The summed E-state index contributed by atoms with van der Waals surface area (Å²) in [7, 11) is 0. The van der Waals surface area contributed by atoms with Gasteiger partial charge in [-0.05, 0) is 38.0 Å². The van der Waals surface area contributed by atoms with Crippen molar-refractivity contribution in [3.8, 4) is 0 Å². The van der Waals surface area contributed by atoms with E-state index in [9.17, 15) is 14.7 Å². The zero-order chi connectivity index (χ0) is 15.3. The Balaban J connectivity index is 2.79. The maximum Gasteiger partial charge on any atom is 0.329 e. The Bertz CT molecular complexity index is 347. The fourth-order valence-electron chi connectivity index (χ4n) is 2.72. The number of urea groups is 1. The predicted octanol–water partition coefficient (Wildman–Crippen LogP) is 2.85. The molecule has 0 unspecified atom stereocenters. The maximum atomic E-state index is 12.5. The zero-order valence-corrected chi connectivity index (χ0v) is 13.1. The highest BCUT2D eigenvalue weighted by Crippen LogP contribution is 2.32. The number of nitrogens with one attached hydrogen (secondary N) is 1. The van der Waals surface area contributed by atoms with E-state index in [2.05, 4.69) is 33.0 Å². The van der Waals surface area contributed by atoms with Crippen molar-refractivity contribution >= 4 is 12.0 Å². The fourth-order valence-corrected chi connectivity index (χ4v) is 2.72. The second-order valence-corrected chi connectivity index (χ2v) is 6.19. The molecule has 0 aromatic rings. The normalized spacial score (nSPS) is 16.9. The third kappa shape index (κ3) is 3.64. The van der Waals surface area contributed by atoms with Crippen molar-refractivity contribution in [3.63, 3.8) is 0 Å². The minimum atomic E-state index is -1.03. The molecule has 5 heteroatoms. The van der Waals surface area contributed by atoms with Gasteiger partial charge < -0.3 is 15.3 Å². The SMILES string of the molecule is CCC(CC)N(CC(C)C)C(=O)NC1(C(=O)O)CCC1. The standard InChI is InChI=1S/C15H28N2O3/c1-5-12(6-2)17(10-11(3)4)14(20)16-15(13(18)19)8-7-9-15/h11-12H,5-10H2,1-4H3,(H,16,20)(H,18,19). The van der Waals surface area contributed by atoms with Crippen LogP contribution in [0.25, 0.3) is 0 Å². The van der Waals surface area contributed by atoms with Gasteiger partial charge in [0.15, 0.2) is 0 Å². The van der Waals surface area contributed by atoms with Gasteiger partial charge in [0.25, 0.3) is 0 Å². The van der Waals surface area contributed by atoms with Crippen LogP contribution in [-0.4, -0.2) is 40.1 Å². The summed E-state index contributed by atoms with van der Waals surface area (Å²) < 4.78 is 0. The molecule has 0 saturated heterocycles. The number of carboxylic acids is 1. The van der Waals surface area contributed by atoms with Crippen LogP contribution in [0.5, 0.6) is 0 Å². The Morgan fingerprint density at radius 1 is 1.25 bits per heavy atom. The predicted molar refractivity (Wildman–Crippen MR) is 78.7 cm³/mol. The summed E-state index contributed by atoms with van der Waals surface area (Å²) in [5.74, 6) is -0.547. The fraction of sp³-hybridized carbons (Fsp3) is 0.867. The van der Waals surface area contributed by atoms with E-state index in [0.717, 1.165) is 19.3 Å². The van der Waals surface area contributed by atoms with Gasteiger partial charge in [-0.15, -0.1) is 0 Å². The molecule has 20 heavy (non-hydrogen) atoms. The molecule has 1 aliphatic rings. The third-order valence-corrected chi connectivity index (χ3v) is 4.17. The van der Waals surface area contributed by atoms with Gasteiger partial charge in [-0.3, -0.25) is 0 Å². The monoisotopic (exact) mass is 284 g/mol. The number of hydrogen-bond donors (Lipinski definition) is 2. The van der Waals surface area contributed by atoms with Gasteiger partial charge in [-0.2, -0.15) is 0 Å². The van der Waals surface area contributed by atoms with Crippen molar-refractivity contribution in [1.29, 1.82) is 0 Å². The number of nitrogens with zero attached hydrogens (tertiary/aromatic N) is 1. The highest BCUT2D eigenvalue weighted by Gasteiger charge is 2.46. The molecule has 5 nitrogen and oxygen atoms in total. The second kappa shape index (κ2) is 6.95. The average molecular weight is 284 g/mol. The molecule has 1 rings (SSSR count). The molecule has 1 fully saturated rings. The molecule has 0 aromatic heterocycles. The molecular weight excluding hydrogens is 256 g/mol.